The molecule has 0 spiro atoms. The molecule has 2 aliphatic carbocycles. The second kappa shape index (κ2) is 9.95. The van der Waals surface area contributed by atoms with Crippen molar-refractivity contribution in [3.63, 3.8) is 0 Å². The quantitative estimate of drug-likeness (QED) is 0.497. The molecule has 1 atom stereocenters. The molecule has 192 valence electrons. The number of primary amides is 1. The summed E-state index contributed by atoms with van der Waals surface area (Å²) in [5.74, 6) is 0.951. The van der Waals surface area contributed by atoms with Gasteiger partial charge in [-0.2, -0.15) is 10.1 Å². The number of anilines is 2. The predicted molar refractivity (Wildman–Crippen MR) is 138 cm³/mol. The molecule has 3 aromatic rings. The standard InChI is InChI=1S/C25H33N7O3S/c1-31-14-16(13-27-31)28-25-29-23(35-18-5-3-17(4-6-18)32-8-10-34-11-9-32)22-21-15(12-20(26)33)2-7-19(21)36-24(22)30-25/h13-15,17-18H,2-12H2,1H3,(H2,26,33)(H,28,29,30)/t15-,17?,18?/m1/s1. The summed E-state index contributed by atoms with van der Waals surface area (Å²) in [6.07, 6.45) is 10.2. The number of hydrogen-bond donors (Lipinski definition) is 2. The van der Waals surface area contributed by atoms with Gasteiger partial charge in [0.15, 0.2) is 0 Å². The van der Waals surface area contributed by atoms with Gasteiger partial charge in [-0.1, -0.05) is 0 Å². The zero-order valence-corrected chi connectivity index (χ0v) is 21.4. The Morgan fingerprint density at radius 3 is 2.75 bits per heavy atom. The molecule has 1 amide bonds. The molecule has 1 aliphatic heterocycles. The minimum absolute atomic E-state index is 0.103. The van der Waals surface area contributed by atoms with E-state index in [1.165, 1.54) is 10.4 Å². The molecule has 0 bridgehead atoms. The van der Waals surface area contributed by atoms with Crippen LogP contribution >= 0.6 is 11.3 Å². The van der Waals surface area contributed by atoms with Gasteiger partial charge in [-0.25, -0.2) is 4.98 Å². The van der Waals surface area contributed by atoms with Crippen LogP contribution in [0.15, 0.2) is 12.4 Å². The number of morpholine rings is 1. The van der Waals surface area contributed by atoms with E-state index in [0.29, 0.717) is 24.3 Å². The number of hydrogen-bond acceptors (Lipinski definition) is 9. The third kappa shape index (κ3) is 4.79. The van der Waals surface area contributed by atoms with Gasteiger partial charge in [0.25, 0.3) is 0 Å². The predicted octanol–water partition coefficient (Wildman–Crippen LogP) is 3.10. The first-order chi connectivity index (χ1) is 17.5. The van der Waals surface area contributed by atoms with Gasteiger partial charge >= 0.3 is 0 Å². The van der Waals surface area contributed by atoms with E-state index in [4.69, 9.17) is 25.2 Å². The smallest absolute Gasteiger partial charge is 0.232 e. The van der Waals surface area contributed by atoms with E-state index in [-0.39, 0.29) is 17.9 Å². The van der Waals surface area contributed by atoms with Crippen molar-refractivity contribution in [3.05, 3.63) is 22.8 Å². The Morgan fingerprint density at radius 1 is 1.22 bits per heavy atom. The highest BCUT2D eigenvalue weighted by Gasteiger charge is 2.33. The maximum atomic E-state index is 11.8. The second-order valence-electron chi connectivity index (χ2n) is 10.1. The molecular weight excluding hydrogens is 478 g/mol. The summed E-state index contributed by atoms with van der Waals surface area (Å²) in [6.45, 7) is 3.71. The zero-order valence-electron chi connectivity index (χ0n) is 20.6. The fourth-order valence-corrected chi connectivity index (χ4v) is 7.20. The SMILES string of the molecule is Cn1cc(Nc2nc(OC3CCC(N4CCOCC4)CC3)c3c4c(sc3n2)CC[C@@H]4CC(N)=O)cn1. The van der Waals surface area contributed by atoms with Gasteiger partial charge in [0.1, 0.15) is 10.9 Å². The molecule has 3 N–H and O–H groups in total. The maximum absolute atomic E-state index is 11.8. The van der Waals surface area contributed by atoms with E-state index in [2.05, 4.69) is 15.3 Å². The Hall–Kier alpha value is -2.76. The summed E-state index contributed by atoms with van der Waals surface area (Å²) in [4.78, 5) is 26.2. The average molecular weight is 512 g/mol. The van der Waals surface area contributed by atoms with Gasteiger partial charge in [-0.05, 0) is 50.0 Å². The fourth-order valence-electron chi connectivity index (χ4n) is 5.93. The molecule has 1 saturated carbocycles. The van der Waals surface area contributed by atoms with Crippen LogP contribution in [0.4, 0.5) is 11.6 Å². The van der Waals surface area contributed by atoms with E-state index >= 15 is 0 Å². The number of fused-ring (bicyclic) bond motifs is 3. The summed E-state index contributed by atoms with van der Waals surface area (Å²) in [5.41, 5.74) is 7.58. The number of thiophene rings is 1. The molecule has 3 aliphatic rings. The maximum Gasteiger partial charge on any atom is 0.232 e. The van der Waals surface area contributed by atoms with Crippen LogP contribution in [0, 0.1) is 0 Å². The highest BCUT2D eigenvalue weighted by Crippen LogP contribution is 2.48. The summed E-state index contributed by atoms with van der Waals surface area (Å²) in [5, 5.41) is 8.47. The number of rotatable bonds is 7. The summed E-state index contributed by atoms with van der Waals surface area (Å²) in [6, 6.07) is 0.604. The topological polar surface area (TPSA) is 120 Å². The number of aromatic nitrogens is 4. The number of ether oxygens (including phenoxy) is 2. The number of aryl methyl sites for hydroxylation is 2. The molecule has 4 heterocycles. The second-order valence-corrected chi connectivity index (χ2v) is 11.2. The summed E-state index contributed by atoms with van der Waals surface area (Å²) >= 11 is 1.68. The van der Waals surface area contributed by atoms with Crippen molar-refractivity contribution in [2.75, 3.05) is 31.6 Å². The molecule has 1 saturated heterocycles. The normalized spacial score (nSPS) is 24.6. The lowest BCUT2D eigenvalue weighted by atomic mass is 9.91. The first-order valence-electron chi connectivity index (χ1n) is 12.9. The van der Waals surface area contributed by atoms with Crippen LogP contribution in [0.1, 0.15) is 54.9 Å². The van der Waals surface area contributed by atoms with Crippen LogP contribution in [-0.2, 0) is 23.0 Å². The summed E-state index contributed by atoms with van der Waals surface area (Å²) < 4.78 is 13.9. The number of nitrogens with one attached hydrogen (secondary N) is 1. The molecule has 0 aromatic carbocycles. The van der Waals surface area contributed by atoms with E-state index in [0.717, 1.165) is 80.7 Å². The van der Waals surface area contributed by atoms with Gasteiger partial charge in [-0.15, -0.1) is 11.3 Å². The van der Waals surface area contributed by atoms with Crippen LogP contribution in [0.5, 0.6) is 5.88 Å². The Bertz CT molecular complexity index is 1240. The van der Waals surface area contributed by atoms with Gasteiger partial charge in [0.2, 0.25) is 17.7 Å². The molecule has 2 fully saturated rings. The van der Waals surface area contributed by atoms with Crippen molar-refractivity contribution in [2.45, 2.75) is 63.0 Å². The number of carbonyl (C=O) groups is 1. The Labute approximate surface area is 214 Å². The molecule has 10 nitrogen and oxygen atoms in total. The third-order valence-electron chi connectivity index (χ3n) is 7.65. The van der Waals surface area contributed by atoms with E-state index in [1.807, 2.05) is 13.2 Å². The molecule has 3 aromatic heterocycles. The van der Waals surface area contributed by atoms with Crippen LogP contribution in [0.2, 0.25) is 0 Å². The number of amides is 1. The monoisotopic (exact) mass is 511 g/mol. The molecular formula is C25H33N7O3S. The first kappa shape index (κ1) is 23.6. The molecule has 11 heteroatoms. The molecule has 36 heavy (non-hydrogen) atoms. The average Bonchev–Trinajstić information content (AvgIpc) is 3.56. The van der Waals surface area contributed by atoms with Gasteiger partial charge in [0, 0.05) is 43.7 Å². The molecule has 6 rings (SSSR count). The third-order valence-corrected chi connectivity index (χ3v) is 8.81. The van der Waals surface area contributed by atoms with Crippen LogP contribution < -0.4 is 15.8 Å². The van der Waals surface area contributed by atoms with E-state index in [9.17, 15) is 4.79 Å². The molecule has 0 unspecified atom stereocenters. The van der Waals surface area contributed by atoms with Crippen molar-refractivity contribution in [2.24, 2.45) is 12.8 Å². The van der Waals surface area contributed by atoms with E-state index in [1.54, 1.807) is 22.2 Å². The number of nitrogens with two attached hydrogens (primary N) is 1. The zero-order chi connectivity index (χ0) is 24.6. The van der Waals surface area contributed by atoms with Gasteiger partial charge in [-0.3, -0.25) is 14.4 Å². The number of carbonyl (C=O) groups excluding carboxylic acids is 1. The van der Waals surface area contributed by atoms with Gasteiger partial charge in [0.05, 0.1) is 30.5 Å². The van der Waals surface area contributed by atoms with Crippen LogP contribution in [0.25, 0.3) is 10.2 Å². The fraction of sp³-hybridized carbons (Fsp3) is 0.600. The largest absolute Gasteiger partial charge is 0.474 e. The van der Waals surface area contributed by atoms with Crippen LogP contribution in [-0.4, -0.2) is 69.0 Å². The Balaban J connectivity index is 1.28. The van der Waals surface area contributed by atoms with Crippen molar-refractivity contribution in [3.8, 4) is 5.88 Å². The lowest BCUT2D eigenvalue weighted by Gasteiger charge is -2.38. The van der Waals surface area contributed by atoms with E-state index < -0.39 is 0 Å². The van der Waals surface area contributed by atoms with Crippen molar-refractivity contribution in [1.82, 2.24) is 24.6 Å². The minimum atomic E-state index is -0.271. The van der Waals surface area contributed by atoms with Crippen molar-refractivity contribution in [1.29, 1.82) is 0 Å². The lowest BCUT2D eigenvalue weighted by Crippen LogP contribution is -2.46. The highest BCUT2D eigenvalue weighted by atomic mass is 32.1. The lowest BCUT2D eigenvalue weighted by molar-refractivity contribution is -0.118. The Kier molecular flexibility index (Phi) is 6.53. The summed E-state index contributed by atoms with van der Waals surface area (Å²) in [7, 11) is 1.87. The Morgan fingerprint density at radius 2 is 2.03 bits per heavy atom. The minimum Gasteiger partial charge on any atom is -0.474 e. The highest BCUT2D eigenvalue weighted by molar-refractivity contribution is 7.19. The van der Waals surface area contributed by atoms with Crippen molar-refractivity contribution >= 4 is 39.1 Å². The van der Waals surface area contributed by atoms with Crippen LogP contribution in [0.3, 0.4) is 0 Å². The molecule has 0 radical (unpaired) electrons. The van der Waals surface area contributed by atoms with Crippen molar-refractivity contribution < 1.29 is 14.3 Å². The first-order valence-corrected chi connectivity index (χ1v) is 13.7. The van der Waals surface area contributed by atoms with Gasteiger partial charge < -0.3 is 20.5 Å². The number of nitrogens with zero attached hydrogens (tertiary/aromatic N) is 5.